The van der Waals surface area contributed by atoms with Crippen molar-refractivity contribution in [2.24, 2.45) is 0 Å². The molecule has 1 aliphatic rings. The maximum absolute atomic E-state index is 12.9. The van der Waals surface area contributed by atoms with Gasteiger partial charge in [-0.15, -0.1) is 0 Å². The molecule has 2 heterocycles. The first-order chi connectivity index (χ1) is 19.9. The van der Waals surface area contributed by atoms with Gasteiger partial charge in [-0.25, -0.2) is 8.42 Å². The molecule has 3 atom stereocenters. The summed E-state index contributed by atoms with van der Waals surface area (Å²) in [7, 11) is -1.67. The second-order valence-electron chi connectivity index (χ2n) is 10.2. The highest BCUT2D eigenvalue weighted by Gasteiger charge is 2.33. The van der Waals surface area contributed by atoms with E-state index in [-0.39, 0.29) is 23.7 Å². The predicted molar refractivity (Wildman–Crippen MR) is 158 cm³/mol. The van der Waals surface area contributed by atoms with Crippen LogP contribution in [-0.2, 0) is 32.5 Å². The molecule has 9 heteroatoms. The minimum absolute atomic E-state index is 0.0209. The highest BCUT2D eigenvalue weighted by Crippen LogP contribution is 2.38. The van der Waals surface area contributed by atoms with Gasteiger partial charge in [0, 0.05) is 49.1 Å². The molecule has 2 N–H and O–H groups in total. The standard InChI is InChI=1S/C32H35N3O5S/c1-35(19-17-27-9-5-6-18-33-27)22-29-21-31(25-15-13-24(23-36)14-16-25)40-32(39-29)26-8-7-10-28(20-26)34-41(37,38)30-11-3-2-4-12-30/h2-16,18,20,29,31-32,34,36H,17,19,21-23H2,1H3/t29-,31+,32+/m0/s1. The Kier molecular flexibility index (Phi) is 9.43. The highest BCUT2D eigenvalue weighted by molar-refractivity contribution is 7.92. The minimum Gasteiger partial charge on any atom is -0.392 e. The summed E-state index contributed by atoms with van der Waals surface area (Å²) in [5.41, 5.74) is 4.02. The molecule has 0 bridgehead atoms. The molecule has 3 aromatic carbocycles. The molecule has 0 radical (unpaired) electrons. The van der Waals surface area contributed by atoms with Crippen LogP contribution in [0, 0.1) is 0 Å². The van der Waals surface area contributed by atoms with Crippen LogP contribution in [0.5, 0.6) is 0 Å². The van der Waals surface area contributed by atoms with E-state index in [9.17, 15) is 13.5 Å². The second kappa shape index (κ2) is 13.4. The maximum Gasteiger partial charge on any atom is 0.261 e. The lowest BCUT2D eigenvalue weighted by atomic mass is 9.99. The van der Waals surface area contributed by atoms with Gasteiger partial charge in [-0.3, -0.25) is 9.71 Å². The highest BCUT2D eigenvalue weighted by atomic mass is 32.2. The summed E-state index contributed by atoms with van der Waals surface area (Å²) in [6, 6.07) is 29.1. The Bertz CT molecular complexity index is 1500. The number of anilines is 1. The molecule has 0 unspecified atom stereocenters. The van der Waals surface area contributed by atoms with Crippen molar-refractivity contribution in [3.05, 3.63) is 126 Å². The molecule has 1 aliphatic heterocycles. The van der Waals surface area contributed by atoms with Crippen LogP contribution < -0.4 is 4.72 Å². The van der Waals surface area contributed by atoms with E-state index in [0.717, 1.165) is 35.3 Å². The average Bonchev–Trinajstić information content (AvgIpc) is 3.01. The number of benzene rings is 3. The Balaban J connectivity index is 1.34. The summed E-state index contributed by atoms with van der Waals surface area (Å²) >= 11 is 0. The molecule has 0 spiro atoms. The van der Waals surface area contributed by atoms with Crippen LogP contribution in [0.25, 0.3) is 0 Å². The van der Waals surface area contributed by atoms with E-state index in [1.54, 1.807) is 48.5 Å². The van der Waals surface area contributed by atoms with E-state index < -0.39 is 16.3 Å². The summed E-state index contributed by atoms with van der Waals surface area (Å²) in [5, 5.41) is 9.47. The molecule has 0 amide bonds. The van der Waals surface area contributed by atoms with E-state index in [1.165, 1.54) is 0 Å². The molecular formula is C32H35N3O5S. The number of sulfonamides is 1. The Morgan fingerprint density at radius 3 is 2.44 bits per heavy atom. The molecule has 0 saturated carbocycles. The third kappa shape index (κ3) is 7.78. The average molecular weight is 574 g/mol. The van der Waals surface area contributed by atoms with E-state index in [2.05, 4.69) is 21.7 Å². The van der Waals surface area contributed by atoms with Gasteiger partial charge in [-0.1, -0.05) is 60.7 Å². The lowest BCUT2D eigenvalue weighted by Gasteiger charge is -2.38. The Morgan fingerprint density at radius 2 is 1.71 bits per heavy atom. The minimum atomic E-state index is -3.74. The van der Waals surface area contributed by atoms with Gasteiger partial charge in [0.1, 0.15) is 0 Å². The van der Waals surface area contributed by atoms with E-state index in [0.29, 0.717) is 18.7 Å². The Labute approximate surface area is 241 Å². The van der Waals surface area contributed by atoms with Crippen molar-refractivity contribution >= 4 is 15.7 Å². The van der Waals surface area contributed by atoms with Gasteiger partial charge in [0.15, 0.2) is 6.29 Å². The van der Waals surface area contributed by atoms with Crippen LogP contribution in [0.1, 0.15) is 41.2 Å². The van der Waals surface area contributed by atoms with Crippen molar-refractivity contribution in [1.82, 2.24) is 9.88 Å². The van der Waals surface area contributed by atoms with Crippen molar-refractivity contribution in [2.45, 2.75) is 42.8 Å². The number of ether oxygens (including phenoxy) is 2. The van der Waals surface area contributed by atoms with Crippen LogP contribution in [0.4, 0.5) is 5.69 Å². The zero-order valence-corrected chi connectivity index (χ0v) is 23.8. The van der Waals surface area contributed by atoms with Gasteiger partial charge in [0.2, 0.25) is 0 Å². The first kappa shape index (κ1) is 28.9. The number of pyridine rings is 1. The van der Waals surface area contributed by atoms with Crippen molar-refractivity contribution in [1.29, 1.82) is 0 Å². The Hall–Kier alpha value is -3.60. The van der Waals surface area contributed by atoms with Crippen LogP contribution in [-0.4, -0.2) is 49.6 Å². The number of aromatic nitrogens is 1. The molecule has 1 aromatic heterocycles. The topological polar surface area (TPSA) is 101 Å². The van der Waals surface area contributed by atoms with E-state index in [4.69, 9.17) is 9.47 Å². The van der Waals surface area contributed by atoms with Crippen molar-refractivity contribution in [3.8, 4) is 0 Å². The summed E-state index contributed by atoms with van der Waals surface area (Å²) in [5.74, 6) is 0. The third-order valence-corrected chi connectivity index (χ3v) is 8.47. The van der Waals surface area contributed by atoms with Crippen LogP contribution in [0.15, 0.2) is 108 Å². The number of likely N-dealkylation sites (N-methyl/N-ethyl adjacent to an activating group) is 1. The summed E-state index contributed by atoms with van der Waals surface area (Å²) in [6.07, 6.45) is 2.24. The SMILES string of the molecule is CN(CCc1ccccn1)C[C@@H]1C[C@H](c2ccc(CO)cc2)O[C@H](c2cccc(NS(=O)(=O)c3ccccc3)c2)O1. The lowest BCUT2D eigenvalue weighted by molar-refractivity contribution is -0.252. The maximum atomic E-state index is 12.9. The van der Waals surface area contributed by atoms with Crippen molar-refractivity contribution in [2.75, 3.05) is 24.9 Å². The van der Waals surface area contributed by atoms with Gasteiger partial charge in [0.05, 0.1) is 23.7 Å². The number of aliphatic hydroxyl groups excluding tert-OH is 1. The normalized spacial score (nSPS) is 19.2. The number of aliphatic hydroxyl groups is 1. The van der Waals surface area contributed by atoms with Gasteiger partial charge in [-0.05, 0) is 54.6 Å². The molecule has 5 rings (SSSR count). The Morgan fingerprint density at radius 1 is 0.927 bits per heavy atom. The monoisotopic (exact) mass is 573 g/mol. The molecule has 0 aliphatic carbocycles. The molecular weight excluding hydrogens is 538 g/mol. The van der Waals surface area contributed by atoms with Gasteiger partial charge < -0.3 is 19.5 Å². The number of hydrogen-bond donors (Lipinski definition) is 2. The summed E-state index contributed by atoms with van der Waals surface area (Å²) in [6.45, 7) is 1.50. The second-order valence-corrected chi connectivity index (χ2v) is 11.9. The smallest absolute Gasteiger partial charge is 0.261 e. The fourth-order valence-electron chi connectivity index (χ4n) is 4.89. The lowest BCUT2D eigenvalue weighted by Crippen LogP contribution is -2.38. The van der Waals surface area contributed by atoms with Gasteiger partial charge in [0.25, 0.3) is 10.0 Å². The molecule has 214 valence electrons. The summed E-state index contributed by atoms with van der Waals surface area (Å²) < 4.78 is 41.4. The molecule has 1 saturated heterocycles. The quantitative estimate of drug-likeness (QED) is 0.258. The largest absolute Gasteiger partial charge is 0.392 e. The fourth-order valence-corrected chi connectivity index (χ4v) is 5.96. The van der Waals surface area contributed by atoms with Crippen LogP contribution in [0.2, 0.25) is 0 Å². The summed E-state index contributed by atoms with van der Waals surface area (Å²) in [4.78, 5) is 6.85. The molecule has 8 nitrogen and oxygen atoms in total. The molecule has 1 fully saturated rings. The van der Waals surface area contributed by atoms with Crippen LogP contribution in [0.3, 0.4) is 0 Å². The first-order valence-corrected chi connectivity index (χ1v) is 15.1. The van der Waals surface area contributed by atoms with Gasteiger partial charge >= 0.3 is 0 Å². The number of rotatable bonds is 11. The van der Waals surface area contributed by atoms with Crippen LogP contribution >= 0.6 is 0 Å². The van der Waals surface area contributed by atoms with E-state index >= 15 is 0 Å². The molecule has 4 aromatic rings. The zero-order valence-electron chi connectivity index (χ0n) is 23.0. The first-order valence-electron chi connectivity index (χ1n) is 13.7. The fraction of sp³-hybridized carbons (Fsp3) is 0.281. The number of nitrogens with one attached hydrogen (secondary N) is 1. The number of nitrogens with zero attached hydrogens (tertiary/aromatic N) is 2. The van der Waals surface area contributed by atoms with Gasteiger partial charge in [-0.2, -0.15) is 0 Å². The number of hydrogen-bond acceptors (Lipinski definition) is 7. The predicted octanol–water partition coefficient (Wildman–Crippen LogP) is 5.09. The third-order valence-electron chi connectivity index (χ3n) is 7.07. The van der Waals surface area contributed by atoms with Crippen molar-refractivity contribution < 1.29 is 23.0 Å². The van der Waals surface area contributed by atoms with E-state index in [1.807, 2.05) is 54.7 Å². The zero-order chi connectivity index (χ0) is 28.7. The molecule has 41 heavy (non-hydrogen) atoms. The van der Waals surface area contributed by atoms with Crippen molar-refractivity contribution in [3.63, 3.8) is 0 Å².